The molecule has 0 saturated carbocycles. The Morgan fingerprint density at radius 1 is 1.19 bits per heavy atom. The van der Waals surface area contributed by atoms with Gasteiger partial charge in [-0.15, -0.1) is 0 Å². The highest BCUT2D eigenvalue weighted by Crippen LogP contribution is 2.23. The summed E-state index contributed by atoms with van der Waals surface area (Å²) < 4.78 is 15.4. The number of carbonyl (C=O) groups excluding carboxylic acids is 2. The van der Waals surface area contributed by atoms with Crippen molar-refractivity contribution in [1.29, 1.82) is 0 Å². The Bertz CT molecular complexity index is 862. The second-order valence-electron chi connectivity index (χ2n) is 6.43. The van der Waals surface area contributed by atoms with E-state index in [1.165, 1.54) is 14.2 Å². The summed E-state index contributed by atoms with van der Waals surface area (Å²) in [6, 6.07) is 3.41. The fourth-order valence-electron chi connectivity index (χ4n) is 3.11. The number of aryl methyl sites for hydroxylation is 1. The number of hydrogen-bond donors (Lipinski definition) is 1. The first kappa shape index (κ1) is 19.0. The van der Waals surface area contributed by atoms with E-state index in [-0.39, 0.29) is 18.4 Å². The molecule has 0 bridgehead atoms. The van der Waals surface area contributed by atoms with E-state index in [0.29, 0.717) is 54.2 Å². The van der Waals surface area contributed by atoms with Crippen LogP contribution in [0.5, 0.6) is 5.88 Å². The average Bonchev–Trinajstić information content (AvgIpc) is 2.70. The van der Waals surface area contributed by atoms with Crippen LogP contribution >= 0.6 is 0 Å². The Morgan fingerprint density at radius 3 is 2.56 bits per heavy atom. The first-order chi connectivity index (χ1) is 13.0. The van der Waals surface area contributed by atoms with Gasteiger partial charge >= 0.3 is 5.97 Å². The first-order valence-corrected chi connectivity index (χ1v) is 8.82. The van der Waals surface area contributed by atoms with Crippen molar-refractivity contribution >= 4 is 22.9 Å². The SMILES string of the molecule is COC(=O)c1cc2nc(CNC(=O)C3CCOCC3)c(OC)nc2cc1C. The number of rotatable bonds is 5. The number of hydrogen-bond acceptors (Lipinski definition) is 7. The lowest BCUT2D eigenvalue weighted by Crippen LogP contribution is -2.34. The van der Waals surface area contributed by atoms with Crippen LogP contribution < -0.4 is 10.1 Å². The maximum Gasteiger partial charge on any atom is 0.338 e. The highest BCUT2D eigenvalue weighted by atomic mass is 16.5. The molecule has 144 valence electrons. The third-order valence-electron chi connectivity index (χ3n) is 4.67. The molecule has 0 unspecified atom stereocenters. The number of carbonyl (C=O) groups is 2. The number of nitrogens with one attached hydrogen (secondary N) is 1. The fourth-order valence-corrected chi connectivity index (χ4v) is 3.11. The molecule has 8 nitrogen and oxygen atoms in total. The summed E-state index contributed by atoms with van der Waals surface area (Å²) in [4.78, 5) is 33.3. The Balaban J connectivity index is 1.85. The van der Waals surface area contributed by atoms with Crippen molar-refractivity contribution in [2.24, 2.45) is 5.92 Å². The number of amides is 1. The van der Waals surface area contributed by atoms with Crippen LogP contribution in [-0.2, 0) is 20.8 Å². The molecule has 1 saturated heterocycles. The second-order valence-corrected chi connectivity index (χ2v) is 6.43. The van der Waals surface area contributed by atoms with E-state index in [9.17, 15) is 9.59 Å². The van der Waals surface area contributed by atoms with Crippen molar-refractivity contribution in [3.63, 3.8) is 0 Å². The molecule has 1 aliphatic rings. The van der Waals surface area contributed by atoms with Gasteiger partial charge in [0.2, 0.25) is 11.8 Å². The summed E-state index contributed by atoms with van der Waals surface area (Å²) in [6.07, 6.45) is 1.43. The quantitative estimate of drug-likeness (QED) is 0.798. The number of nitrogens with zero attached hydrogens (tertiary/aromatic N) is 2. The molecule has 1 aromatic carbocycles. The van der Waals surface area contributed by atoms with Crippen molar-refractivity contribution in [1.82, 2.24) is 15.3 Å². The zero-order chi connectivity index (χ0) is 19.4. The third kappa shape index (κ3) is 4.16. The van der Waals surface area contributed by atoms with Gasteiger partial charge in [-0.2, -0.15) is 0 Å². The van der Waals surface area contributed by atoms with Crippen LogP contribution in [0.15, 0.2) is 12.1 Å². The second kappa shape index (κ2) is 8.30. The van der Waals surface area contributed by atoms with Gasteiger partial charge in [-0.3, -0.25) is 4.79 Å². The minimum atomic E-state index is -0.429. The van der Waals surface area contributed by atoms with Gasteiger partial charge in [-0.05, 0) is 37.5 Å². The predicted molar refractivity (Wildman–Crippen MR) is 97.6 cm³/mol. The molecule has 2 heterocycles. The molecule has 1 amide bonds. The van der Waals surface area contributed by atoms with E-state index in [1.54, 1.807) is 12.1 Å². The van der Waals surface area contributed by atoms with E-state index in [4.69, 9.17) is 14.2 Å². The molecule has 1 aliphatic heterocycles. The zero-order valence-corrected chi connectivity index (χ0v) is 15.7. The van der Waals surface area contributed by atoms with Crippen LogP contribution in [0.2, 0.25) is 0 Å². The van der Waals surface area contributed by atoms with Crippen LogP contribution in [0.3, 0.4) is 0 Å². The minimum absolute atomic E-state index is 0.0265. The fraction of sp³-hybridized carbons (Fsp3) is 0.474. The minimum Gasteiger partial charge on any atom is -0.480 e. The van der Waals surface area contributed by atoms with E-state index in [1.807, 2.05) is 6.92 Å². The summed E-state index contributed by atoms with van der Waals surface area (Å²) in [5.41, 5.74) is 2.83. The summed E-state index contributed by atoms with van der Waals surface area (Å²) in [6.45, 7) is 3.21. The Kier molecular flexibility index (Phi) is 5.85. The van der Waals surface area contributed by atoms with Crippen LogP contribution in [0.4, 0.5) is 0 Å². The predicted octanol–water partition coefficient (Wildman–Crippen LogP) is 1.78. The van der Waals surface area contributed by atoms with Gasteiger partial charge in [0.15, 0.2) is 0 Å². The highest BCUT2D eigenvalue weighted by molar-refractivity contribution is 5.95. The molecule has 3 rings (SSSR count). The van der Waals surface area contributed by atoms with Crippen LogP contribution in [0.25, 0.3) is 11.0 Å². The zero-order valence-electron chi connectivity index (χ0n) is 15.7. The summed E-state index contributed by atoms with van der Waals surface area (Å²) in [5, 5.41) is 2.90. The third-order valence-corrected chi connectivity index (χ3v) is 4.67. The van der Waals surface area contributed by atoms with Gasteiger partial charge in [-0.25, -0.2) is 14.8 Å². The van der Waals surface area contributed by atoms with Crippen LogP contribution in [0.1, 0.15) is 34.5 Å². The lowest BCUT2D eigenvalue weighted by Gasteiger charge is -2.21. The van der Waals surface area contributed by atoms with Crippen LogP contribution in [0, 0.1) is 12.8 Å². The number of ether oxygens (including phenoxy) is 3. The largest absolute Gasteiger partial charge is 0.480 e. The molecule has 1 N–H and O–H groups in total. The number of fused-ring (bicyclic) bond motifs is 1. The van der Waals surface area contributed by atoms with Crippen molar-refractivity contribution < 1.29 is 23.8 Å². The number of esters is 1. The topological polar surface area (TPSA) is 99.6 Å². The summed E-state index contributed by atoms with van der Waals surface area (Å²) in [7, 11) is 2.85. The highest BCUT2D eigenvalue weighted by Gasteiger charge is 2.22. The Labute approximate surface area is 157 Å². The molecular weight excluding hydrogens is 350 g/mol. The summed E-state index contributed by atoms with van der Waals surface area (Å²) in [5.74, 6) is -0.158. The van der Waals surface area contributed by atoms with Gasteiger partial charge in [0.05, 0.1) is 37.4 Å². The first-order valence-electron chi connectivity index (χ1n) is 8.82. The molecular formula is C19H23N3O5. The smallest absolute Gasteiger partial charge is 0.338 e. The summed E-state index contributed by atoms with van der Waals surface area (Å²) >= 11 is 0. The van der Waals surface area contributed by atoms with E-state index in [2.05, 4.69) is 15.3 Å². The van der Waals surface area contributed by atoms with Crippen LogP contribution in [-0.4, -0.2) is 49.3 Å². The standard InChI is InChI=1S/C19H23N3O5/c1-11-8-14-15(9-13(11)19(24)26-3)21-16(18(22-14)25-2)10-20-17(23)12-4-6-27-7-5-12/h8-9,12H,4-7,10H2,1-3H3,(H,20,23). The molecule has 2 aromatic rings. The molecule has 1 aromatic heterocycles. The maximum atomic E-state index is 12.3. The molecule has 1 fully saturated rings. The van der Waals surface area contributed by atoms with Gasteiger partial charge in [0.1, 0.15) is 5.69 Å². The Hall–Kier alpha value is -2.74. The monoisotopic (exact) mass is 373 g/mol. The molecule has 0 radical (unpaired) electrons. The van der Waals surface area contributed by atoms with E-state index < -0.39 is 5.97 Å². The van der Waals surface area contributed by atoms with Crippen molar-refractivity contribution in [3.8, 4) is 5.88 Å². The molecule has 0 aliphatic carbocycles. The van der Waals surface area contributed by atoms with Gasteiger partial charge < -0.3 is 19.5 Å². The molecule has 8 heteroatoms. The van der Waals surface area contributed by atoms with Crippen molar-refractivity contribution in [3.05, 3.63) is 29.0 Å². The number of methoxy groups -OCH3 is 2. The van der Waals surface area contributed by atoms with E-state index in [0.717, 1.165) is 5.56 Å². The number of benzene rings is 1. The molecule has 27 heavy (non-hydrogen) atoms. The van der Waals surface area contributed by atoms with Gasteiger partial charge in [0, 0.05) is 19.1 Å². The average molecular weight is 373 g/mol. The van der Waals surface area contributed by atoms with E-state index >= 15 is 0 Å². The molecule has 0 atom stereocenters. The van der Waals surface area contributed by atoms with Gasteiger partial charge in [0.25, 0.3) is 0 Å². The Morgan fingerprint density at radius 2 is 1.89 bits per heavy atom. The molecule has 0 spiro atoms. The lowest BCUT2D eigenvalue weighted by atomic mass is 9.99. The lowest BCUT2D eigenvalue weighted by molar-refractivity contribution is -0.128. The van der Waals surface area contributed by atoms with Gasteiger partial charge in [-0.1, -0.05) is 0 Å². The normalized spacial score (nSPS) is 14.8. The van der Waals surface area contributed by atoms with Crippen molar-refractivity contribution in [2.45, 2.75) is 26.3 Å². The maximum absolute atomic E-state index is 12.3. The van der Waals surface area contributed by atoms with Crippen molar-refractivity contribution in [2.75, 3.05) is 27.4 Å². The number of aromatic nitrogens is 2.